The van der Waals surface area contributed by atoms with Crippen molar-refractivity contribution >= 4 is 40.4 Å². The third-order valence-electron chi connectivity index (χ3n) is 4.47. The zero-order chi connectivity index (χ0) is 20.7. The van der Waals surface area contributed by atoms with Crippen molar-refractivity contribution in [1.82, 2.24) is 4.90 Å². The maximum atomic E-state index is 12.7. The fourth-order valence-corrected chi connectivity index (χ4v) is 3.93. The molecule has 1 heterocycles. The van der Waals surface area contributed by atoms with Crippen molar-refractivity contribution < 1.29 is 14.5 Å². The van der Waals surface area contributed by atoms with E-state index in [0.29, 0.717) is 17.4 Å². The van der Waals surface area contributed by atoms with Gasteiger partial charge in [-0.15, -0.1) is 17.9 Å². The van der Waals surface area contributed by atoms with Gasteiger partial charge >= 0.3 is 0 Å². The van der Waals surface area contributed by atoms with Crippen molar-refractivity contribution in [3.63, 3.8) is 0 Å². The van der Waals surface area contributed by atoms with Crippen molar-refractivity contribution in [1.29, 1.82) is 0 Å². The Hall–Kier alpha value is -2.15. The first-order valence-corrected chi connectivity index (χ1v) is 10.3. The van der Waals surface area contributed by atoms with Gasteiger partial charge in [0.15, 0.2) is 13.1 Å². The standard InChI is InChI=1S/C21H26ClN3O2S/c1-5-11-25(12-17-9-10-19(22)28-17)21(27)14-24(4)13-20(26)23-18-8-6-7-15(2)16(18)3/h5-10H,1,11-14H2,2-4H3,(H,23,26)/p+1. The number of hydrogen-bond acceptors (Lipinski definition) is 3. The molecule has 2 rings (SSSR count). The lowest BCUT2D eigenvalue weighted by Gasteiger charge is -2.22. The van der Waals surface area contributed by atoms with Gasteiger partial charge < -0.3 is 15.1 Å². The Labute approximate surface area is 175 Å². The summed E-state index contributed by atoms with van der Waals surface area (Å²) >= 11 is 7.43. The molecule has 2 aromatic rings. The molecule has 2 N–H and O–H groups in total. The molecular formula is C21H27ClN3O2S+. The highest BCUT2D eigenvalue weighted by Crippen LogP contribution is 2.22. The average molecular weight is 421 g/mol. The number of hydrogen-bond donors (Lipinski definition) is 2. The molecule has 7 heteroatoms. The third-order valence-corrected chi connectivity index (χ3v) is 5.69. The Balaban J connectivity index is 1.91. The normalized spacial score (nSPS) is 11.7. The molecule has 150 valence electrons. The summed E-state index contributed by atoms with van der Waals surface area (Å²) in [7, 11) is 1.84. The molecule has 0 saturated carbocycles. The van der Waals surface area contributed by atoms with Crippen LogP contribution in [0.2, 0.25) is 4.34 Å². The van der Waals surface area contributed by atoms with Crippen molar-refractivity contribution in [3.8, 4) is 0 Å². The number of carbonyl (C=O) groups excluding carboxylic acids is 2. The predicted octanol–water partition coefficient (Wildman–Crippen LogP) is 2.69. The number of amides is 2. The zero-order valence-corrected chi connectivity index (χ0v) is 18.1. The van der Waals surface area contributed by atoms with E-state index < -0.39 is 0 Å². The summed E-state index contributed by atoms with van der Waals surface area (Å²) in [5.41, 5.74) is 2.99. The van der Waals surface area contributed by atoms with Crippen LogP contribution in [0.4, 0.5) is 5.69 Å². The van der Waals surface area contributed by atoms with Gasteiger partial charge in [0.2, 0.25) is 0 Å². The van der Waals surface area contributed by atoms with Crippen molar-refractivity contribution in [2.45, 2.75) is 20.4 Å². The highest BCUT2D eigenvalue weighted by molar-refractivity contribution is 7.16. The first-order chi connectivity index (χ1) is 13.3. The second kappa shape index (κ2) is 10.4. The molecule has 1 unspecified atom stereocenters. The number of thiophene rings is 1. The predicted molar refractivity (Wildman–Crippen MR) is 116 cm³/mol. The number of likely N-dealkylation sites (N-methyl/N-ethyl adjacent to an activating group) is 1. The number of benzene rings is 1. The first kappa shape index (κ1) is 22.1. The number of rotatable bonds is 9. The van der Waals surface area contributed by atoms with Crippen molar-refractivity contribution in [3.05, 3.63) is 63.3 Å². The fraction of sp³-hybridized carbons (Fsp3) is 0.333. The van der Waals surface area contributed by atoms with E-state index in [4.69, 9.17) is 11.6 Å². The number of nitrogens with zero attached hydrogens (tertiary/aromatic N) is 1. The van der Waals surface area contributed by atoms with E-state index in [1.807, 2.05) is 51.2 Å². The minimum atomic E-state index is -0.112. The Kier molecular flexibility index (Phi) is 8.23. The summed E-state index contributed by atoms with van der Waals surface area (Å²) in [5, 5.41) is 2.94. The van der Waals surface area contributed by atoms with E-state index in [-0.39, 0.29) is 24.9 Å². The molecule has 2 amide bonds. The highest BCUT2D eigenvalue weighted by Gasteiger charge is 2.20. The Morgan fingerprint density at radius 2 is 2.00 bits per heavy atom. The second-order valence-corrected chi connectivity index (χ2v) is 8.67. The third kappa shape index (κ3) is 6.48. The molecule has 0 spiro atoms. The van der Waals surface area contributed by atoms with Gasteiger partial charge in [-0.2, -0.15) is 0 Å². The van der Waals surface area contributed by atoms with E-state index in [0.717, 1.165) is 26.6 Å². The van der Waals surface area contributed by atoms with Crippen LogP contribution in [0.5, 0.6) is 0 Å². The van der Waals surface area contributed by atoms with Crippen LogP contribution < -0.4 is 10.2 Å². The number of aryl methyl sites for hydroxylation is 1. The quantitative estimate of drug-likeness (QED) is 0.613. The molecule has 1 aromatic heterocycles. The number of carbonyl (C=O) groups is 2. The van der Waals surface area contributed by atoms with Gasteiger partial charge in [0.05, 0.1) is 17.9 Å². The van der Waals surface area contributed by atoms with Gasteiger partial charge in [-0.05, 0) is 43.2 Å². The summed E-state index contributed by atoms with van der Waals surface area (Å²) in [6, 6.07) is 9.56. The number of halogens is 1. The highest BCUT2D eigenvalue weighted by atomic mass is 35.5. The summed E-state index contributed by atoms with van der Waals surface area (Å²) in [6.45, 7) is 9.11. The second-order valence-electron chi connectivity index (χ2n) is 6.88. The monoisotopic (exact) mass is 420 g/mol. The molecule has 0 radical (unpaired) electrons. The van der Waals surface area contributed by atoms with Crippen LogP contribution in [0, 0.1) is 13.8 Å². The summed E-state index contributed by atoms with van der Waals surface area (Å²) in [4.78, 5) is 28.6. The van der Waals surface area contributed by atoms with Gasteiger partial charge in [0, 0.05) is 17.1 Å². The molecule has 0 aliphatic carbocycles. The molecule has 0 aliphatic rings. The van der Waals surface area contributed by atoms with Gasteiger partial charge in [0.1, 0.15) is 0 Å². The topological polar surface area (TPSA) is 53.9 Å². The van der Waals surface area contributed by atoms with Crippen LogP contribution in [0.25, 0.3) is 0 Å². The minimum absolute atomic E-state index is 0.0264. The molecule has 0 bridgehead atoms. The number of nitrogens with one attached hydrogen (secondary N) is 2. The SMILES string of the molecule is C=CCN(Cc1ccc(Cl)s1)C(=O)C[NH+](C)CC(=O)Nc1cccc(C)c1C. The van der Waals surface area contributed by atoms with Crippen molar-refractivity contribution in [2.75, 3.05) is 32.0 Å². The maximum absolute atomic E-state index is 12.7. The minimum Gasteiger partial charge on any atom is -0.329 e. The first-order valence-electron chi connectivity index (χ1n) is 9.10. The largest absolute Gasteiger partial charge is 0.329 e. The van der Waals surface area contributed by atoms with Crippen molar-refractivity contribution in [2.24, 2.45) is 0 Å². The molecule has 28 heavy (non-hydrogen) atoms. The van der Waals surface area contributed by atoms with Gasteiger partial charge in [-0.1, -0.05) is 29.8 Å². The van der Waals surface area contributed by atoms with E-state index >= 15 is 0 Å². The molecule has 0 saturated heterocycles. The Bertz CT molecular complexity index is 850. The summed E-state index contributed by atoms with van der Waals surface area (Å²) in [6.07, 6.45) is 1.70. The average Bonchev–Trinajstić information content (AvgIpc) is 3.03. The molecule has 0 fully saturated rings. The molecule has 1 aromatic carbocycles. The van der Waals surface area contributed by atoms with Gasteiger partial charge in [0.25, 0.3) is 11.8 Å². The van der Waals surface area contributed by atoms with E-state index in [1.54, 1.807) is 11.0 Å². The molecular weight excluding hydrogens is 394 g/mol. The number of quaternary nitrogens is 1. The Morgan fingerprint density at radius 3 is 2.64 bits per heavy atom. The van der Waals surface area contributed by atoms with Crippen LogP contribution in [-0.2, 0) is 16.1 Å². The van der Waals surface area contributed by atoms with Gasteiger partial charge in [-0.3, -0.25) is 9.59 Å². The van der Waals surface area contributed by atoms with Gasteiger partial charge in [-0.25, -0.2) is 0 Å². The molecule has 0 aliphatic heterocycles. The van der Waals surface area contributed by atoms with E-state index in [9.17, 15) is 9.59 Å². The van der Waals surface area contributed by atoms with E-state index in [1.165, 1.54) is 11.3 Å². The van der Waals surface area contributed by atoms with Crippen LogP contribution in [0.15, 0.2) is 43.0 Å². The van der Waals surface area contributed by atoms with Crippen LogP contribution in [0.1, 0.15) is 16.0 Å². The summed E-state index contributed by atoms with van der Waals surface area (Å²) < 4.78 is 0.701. The smallest absolute Gasteiger partial charge is 0.279 e. The van der Waals surface area contributed by atoms with E-state index in [2.05, 4.69) is 11.9 Å². The van der Waals surface area contributed by atoms with Crippen LogP contribution in [0.3, 0.4) is 0 Å². The summed E-state index contributed by atoms with van der Waals surface area (Å²) in [5.74, 6) is -0.138. The number of anilines is 1. The zero-order valence-electron chi connectivity index (χ0n) is 16.5. The maximum Gasteiger partial charge on any atom is 0.279 e. The lowest BCUT2D eigenvalue weighted by Crippen LogP contribution is -3.11. The van der Waals surface area contributed by atoms with Crippen LogP contribution >= 0.6 is 22.9 Å². The molecule has 5 nitrogen and oxygen atoms in total. The lowest BCUT2D eigenvalue weighted by atomic mass is 10.1. The Morgan fingerprint density at radius 1 is 1.25 bits per heavy atom. The fourth-order valence-electron chi connectivity index (χ4n) is 2.82. The lowest BCUT2D eigenvalue weighted by molar-refractivity contribution is -0.862. The van der Waals surface area contributed by atoms with Crippen LogP contribution in [-0.4, -0.2) is 43.4 Å². The molecule has 1 atom stereocenters.